The van der Waals surface area contributed by atoms with Gasteiger partial charge in [-0.1, -0.05) is 23.8 Å². The smallest absolute Gasteiger partial charge is 0.239 e. The Morgan fingerprint density at radius 2 is 1.96 bits per heavy atom. The molecular formula is C16H27IN4O2. The lowest BCUT2D eigenvalue weighted by molar-refractivity contribution is -0.120. The Balaban J connectivity index is 0.00000484. The minimum absolute atomic E-state index is 0. The van der Waals surface area contributed by atoms with Gasteiger partial charge in [0.15, 0.2) is 5.96 Å². The van der Waals surface area contributed by atoms with Gasteiger partial charge in [-0.15, -0.1) is 24.0 Å². The first-order valence-electron chi connectivity index (χ1n) is 7.33. The molecule has 1 rings (SSSR count). The number of halogens is 1. The van der Waals surface area contributed by atoms with Crippen LogP contribution in [0.3, 0.4) is 0 Å². The number of amides is 1. The molecule has 0 radical (unpaired) electrons. The zero-order valence-electron chi connectivity index (χ0n) is 14.2. The quantitative estimate of drug-likeness (QED) is 0.262. The van der Waals surface area contributed by atoms with Crippen molar-refractivity contribution in [1.29, 1.82) is 0 Å². The lowest BCUT2D eigenvalue weighted by Crippen LogP contribution is -2.43. The van der Waals surface area contributed by atoms with Crippen molar-refractivity contribution in [3.05, 3.63) is 34.9 Å². The van der Waals surface area contributed by atoms with Crippen LogP contribution in [0.4, 0.5) is 0 Å². The van der Waals surface area contributed by atoms with Crippen LogP contribution in [0.5, 0.6) is 0 Å². The number of benzene rings is 1. The van der Waals surface area contributed by atoms with Crippen LogP contribution < -0.4 is 16.0 Å². The van der Waals surface area contributed by atoms with Gasteiger partial charge in [-0.25, -0.2) is 0 Å². The number of nitrogens with one attached hydrogen (secondary N) is 3. The van der Waals surface area contributed by atoms with Gasteiger partial charge in [-0.3, -0.25) is 9.79 Å². The molecule has 0 aliphatic rings. The first-order chi connectivity index (χ1) is 10.6. The van der Waals surface area contributed by atoms with Crippen molar-refractivity contribution in [3.8, 4) is 0 Å². The molecule has 0 unspecified atom stereocenters. The third-order valence-electron chi connectivity index (χ3n) is 3.21. The second-order valence-electron chi connectivity index (χ2n) is 5.05. The minimum Gasteiger partial charge on any atom is -0.383 e. The van der Waals surface area contributed by atoms with Crippen LogP contribution >= 0.6 is 24.0 Å². The number of carbonyl (C=O) groups is 1. The van der Waals surface area contributed by atoms with Crippen LogP contribution in [0.15, 0.2) is 23.2 Å². The fourth-order valence-corrected chi connectivity index (χ4v) is 1.96. The molecule has 0 aliphatic heterocycles. The summed E-state index contributed by atoms with van der Waals surface area (Å²) in [6.45, 7) is 6.01. The Bertz CT molecular complexity index is 521. The molecule has 0 aliphatic carbocycles. The van der Waals surface area contributed by atoms with E-state index in [9.17, 15) is 4.79 Å². The van der Waals surface area contributed by atoms with E-state index in [2.05, 4.69) is 53.0 Å². The van der Waals surface area contributed by atoms with Crippen molar-refractivity contribution in [1.82, 2.24) is 16.0 Å². The molecule has 1 amide bonds. The third-order valence-corrected chi connectivity index (χ3v) is 3.21. The van der Waals surface area contributed by atoms with Crippen LogP contribution in [0.25, 0.3) is 0 Å². The highest BCUT2D eigenvalue weighted by Gasteiger charge is 2.04. The summed E-state index contributed by atoms with van der Waals surface area (Å²) in [7, 11) is 3.28. The lowest BCUT2D eigenvalue weighted by Gasteiger charge is -2.13. The number of carbonyl (C=O) groups excluding carboxylic acids is 1. The van der Waals surface area contributed by atoms with Gasteiger partial charge >= 0.3 is 0 Å². The summed E-state index contributed by atoms with van der Waals surface area (Å²) in [5.74, 6) is 0.508. The average molecular weight is 434 g/mol. The van der Waals surface area contributed by atoms with Crippen molar-refractivity contribution in [2.24, 2.45) is 4.99 Å². The van der Waals surface area contributed by atoms with Crippen molar-refractivity contribution in [2.75, 3.05) is 33.9 Å². The summed E-state index contributed by atoms with van der Waals surface area (Å²) in [4.78, 5) is 15.7. The highest BCUT2D eigenvalue weighted by Crippen LogP contribution is 2.09. The minimum atomic E-state index is -0.0912. The topological polar surface area (TPSA) is 74.8 Å². The first kappa shape index (κ1) is 21.6. The monoisotopic (exact) mass is 434 g/mol. The first-order valence-corrected chi connectivity index (χ1v) is 7.33. The zero-order valence-corrected chi connectivity index (χ0v) is 16.6. The standard InChI is InChI=1S/C16H26N4O2.HI/c1-12-5-6-14(13(2)9-12)10-19-16(17-3)20-11-15(21)18-7-8-22-4;/h5-6,9H,7-8,10-11H2,1-4H3,(H,18,21)(H2,17,19,20);1H. The molecule has 3 N–H and O–H groups in total. The van der Waals surface area contributed by atoms with Crippen molar-refractivity contribution >= 4 is 35.8 Å². The number of methoxy groups -OCH3 is 1. The number of aliphatic imine (C=N–C) groups is 1. The van der Waals surface area contributed by atoms with E-state index < -0.39 is 0 Å². The number of rotatable bonds is 7. The van der Waals surface area contributed by atoms with Crippen LogP contribution in [0.1, 0.15) is 16.7 Å². The summed E-state index contributed by atoms with van der Waals surface area (Å²) in [5.41, 5.74) is 3.69. The van der Waals surface area contributed by atoms with Gasteiger partial charge in [0.25, 0.3) is 0 Å². The lowest BCUT2D eigenvalue weighted by atomic mass is 10.1. The van der Waals surface area contributed by atoms with Crippen LogP contribution in [-0.4, -0.2) is 45.7 Å². The molecule has 0 fully saturated rings. The maximum Gasteiger partial charge on any atom is 0.239 e. The van der Waals surface area contributed by atoms with Gasteiger partial charge in [0, 0.05) is 27.2 Å². The molecule has 130 valence electrons. The van der Waals surface area contributed by atoms with Crippen molar-refractivity contribution < 1.29 is 9.53 Å². The Kier molecular flexibility index (Phi) is 11.4. The van der Waals surface area contributed by atoms with Gasteiger partial charge in [0.1, 0.15) is 0 Å². The molecule has 1 aromatic rings. The Morgan fingerprint density at radius 1 is 1.22 bits per heavy atom. The van der Waals surface area contributed by atoms with Gasteiger partial charge in [-0.05, 0) is 25.0 Å². The maximum absolute atomic E-state index is 11.6. The van der Waals surface area contributed by atoms with E-state index in [-0.39, 0.29) is 36.4 Å². The normalized spacial score (nSPS) is 10.7. The summed E-state index contributed by atoms with van der Waals surface area (Å²) in [6, 6.07) is 6.34. The zero-order chi connectivity index (χ0) is 16.4. The van der Waals surface area contributed by atoms with Gasteiger partial charge in [0.05, 0.1) is 13.2 Å². The molecule has 1 aromatic carbocycles. The SMILES string of the molecule is CN=C(NCC(=O)NCCOC)NCc1ccc(C)cc1C.I. The predicted octanol–water partition coefficient (Wildman–Crippen LogP) is 1.35. The summed E-state index contributed by atoms with van der Waals surface area (Å²) >= 11 is 0. The number of guanidine groups is 1. The van der Waals surface area contributed by atoms with E-state index in [4.69, 9.17) is 4.74 Å². The van der Waals surface area contributed by atoms with Gasteiger partial charge in [-0.2, -0.15) is 0 Å². The highest BCUT2D eigenvalue weighted by molar-refractivity contribution is 14.0. The molecule has 7 heteroatoms. The van der Waals surface area contributed by atoms with Crippen molar-refractivity contribution in [3.63, 3.8) is 0 Å². The number of hydrogen-bond acceptors (Lipinski definition) is 3. The second kappa shape index (κ2) is 12.1. The average Bonchev–Trinajstić information content (AvgIpc) is 2.49. The summed E-state index contributed by atoms with van der Waals surface area (Å²) < 4.78 is 4.87. The van der Waals surface area contributed by atoms with Crippen molar-refractivity contribution in [2.45, 2.75) is 20.4 Å². The van der Waals surface area contributed by atoms with E-state index in [1.807, 2.05) is 0 Å². The molecule has 23 heavy (non-hydrogen) atoms. The molecule has 0 saturated heterocycles. The van der Waals surface area contributed by atoms with E-state index in [1.54, 1.807) is 14.2 Å². The predicted molar refractivity (Wildman–Crippen MR) is 104 cm³/mol. The molecule has 0 bridgehead atoms. The van der Waals surface area contributed by atoms with E-state index in [0.717, 1.165) is 0 Å². The maximum atomic E-state index is 11.6. The summed E-state index contributed by atoms with van der Waals surface area (Å²) in [6.07, 6.45) is 0. The number of hydrogen-bond donors (Lipinski definition) is 3. The van der Waals surface area contributed by atoms with Crippen LogP contribution in [0, 0.1) is 13.8 Å². The second-order valence-corrected chi connectivity index (χ2v) is 5.05. The fourth-order valence-electron chi connectivity index (χ4n) is 1.96. The Hall–Kier alpha value is -1.35. The molecule has 0 aromatic heterocycles. The van der Waals surface area contributed by atoms with E-state index in [0.29, 0.717) is 25.7 Å². The number of ether oxygens (including phenoxy) is 1. The molecule has 0 spiro atoms. The number of nitrogens with zero attached hydrogens (tertiary/aromatic N) is 1. The molecular weight excluding hydrogens is 407 g/mol. The molecule has 0 saturated carbocycles. The Morgan fingerprint density at radius 3 is 2.57 bits per heavy atom. The van der Waals surface area contributed by atoms with Gasteiger partial charge < -0.3 is 20.7 Å². The molecule has 0 heterocycles. The Labute approximate surface area is 155 Å². The van der Waals surface area contributed by atoms with E-state index in [1.165, 1.54) is 16.7 Å². The van der Waals surface area contributed by atoms with E-state index >= 15 is 0 Å². The highest BCUT2D eigenvalue weighted by atomic mass is 127. The largest absolute Gasteiger partial charge is 0.383 e. The molecule has 0 atom stereocenters. The van der Waals surface area contributed by atoms with Crippen LogP contribution in [0.2, 0.25) is 0 Å². The van der Waals surface area contributed by atoms with Gasteiger partial charge in [0.2, 0.25) is 5.91 Å². The third kappa shape index (κ3) is 8.75. The summed E-state index contributed by atoms with van der Waals surface area (Å²) in [5, 5.41) is 8.93. The van der Waals surface area contributed by atoms with Crippen LogP contribution in [-0.2, 0) is 16.1 Å². The molecule has 6 nitrogen and oxygen atoms in total. The fraction of sp³-hybridized carbons (Fsp3) is 0.500. The number of aryl methyl sites for hydroxylation is 2.